The van der Waals surface area contributed by atoms with Crippen LogP contribution in [0.15, 0.2) is 0 Å². The van der Waals surface area contributed by atoms with Gasteiger partial charge >= 0.3 is 5.97 Å². The predicted octanol–water partition coefficient (Wildman–Crippen LogP) is 0.655. The number of aliphatic hydroxyl groups excluding tert-OH is 1. The summed E-state index contributed by atoms with van der Waals surface area (Å²) in [5.41, 5.74) is 0. The number of hydrogen-bond donors (Lipinski definition) is 2. The molecule has 15 heavy (non-hydrogen) atoms. The van der Waals surface area contributed by atoms with Gasteiger partial charge in [-0.25, -0.2) is 0 Å². The molecule has 5 nitrogen and oxygen atoms in total. The van der Waals surface area contributed by atoms with Crippen LogP contribution in [0.4, 0.5) is 0 Å². The van der Waals surface area contributed by atoms with Crippen LogP contribution >= 0.6 is 0 Å². The van der Waals surface area contributed by atoms with E-state index in [4.69, 9.17) is 19.7 Å². The minimum absolute atomic E-state index is 0.0911. The van der Waals surface area contributed by atoms with Crippen molar-refractivity contribution in [1.82, 2.24) is 0 Å². The standard InChI is InChI=1S/C10H20O5/c1-2-3-5-14-8-9(7-10(12)13)15-6-4-11/h9,11H,2-8H2,1H3,(H,12,13). The minimum atomic E-state index is -0.919. The number of unbranched alkanes of at least 4 members (excludes halogenated alkanes) is 1. The van der Waals surface area contributed by atoms with E-state index in [9.17, 15) is 4.79 Å². The maximum absolute atomic E-state index is 10.5. The largest absolute Gasteiger partial charge is 0.481 e. The van der Waals surface area contributed by atoms with Crippen LogP contribution in [-0.4, -0.2) is 48.7 Å². The van der Waals surface area contributed by atoms with Crippen molar-refractivity contribution in [1.29, 1.82) is 0 Å². The van der Waals surface area contributed by atoms with E-state index in [0.717, 1.165) is 12.8 Å². The first kappa shape index (κ1) is 14.3. The molecular formula is C10H20O5. The minimum Gasteiger partial charge on any atom is -0.481 e. The zero-order chi connectivity index (χ0) is 11.5. The Labute approximate surface area is 90.0 Å². The summed E-state index contributed by atoms with van der Waals surface area (Å²) < 4.78 is 10.4. The number of carboxylic acids is 1. The molecule has 0 aromatic rings. The molecule has 0 saturated heterocycles. The average Bonchev–Trinajstić information content (AvgIpc) is 2.19. The lowest BCUT2D eigenvalue weighted by atomic mass is 10.2. The second kappa shape index (κ2) is 9.89. The van der Waals surface area contributed by atoms with Gasteiger partial charge in [0.2, 0.25) is 0 Å². The number of rotatable bonds is 10. The Hall–Kier alpha value is -0.650. The zero-order valence-corrected chi connectivity index (χ0v) is 9.15. The van der Waals surface area contributed by atoms with Gasteiger partial charge in [0, 0.05) is 6.61 Å². The van der Waals surface area contributed by atoms with Gasteiger partial charge < -0.3 is 19.7 Å². The molecule has 0 aliphatic carbocycles. The molecule has 5 heteroatoms. The Morgan fingerprint density at radius 1 is 1.40 bits per heavy atom. The molecule has 1 unspecified atom stereocenters. The lowest BCUT2D eigenvalue weighted by Crippen LogP contribution is -2.25. The highest BCUT2D eigenvalue weighted by molar-refractivity contribution is 5.67. The maximum atomic E-state index is 10.5. The van der Waals surface area contributed by atoms with Gasteiger partial charge in [0.25, 0.3) is 0 Å². The summed E-state index contributed by atoms with van der Waals surface area (Å²) in [6, 6.07) is 0. The summed E-state index contributed by atoms with van der Waals surface area (Å²) in [6.07, 6.45) is 1.44. The number of aliphatic carboxylic acids is 1. The fourth-order valence-corrected chi connectivity index (χ4v) is 1.04. The summed E-state index contributed by atoms with van der Waals surface area (Å²) >= 11 is 0. The number of hydrogen-bond acceptors (Lipinski definition) is 4. The Morgan fingerprint density at radius 2 is 2.13 bits per heavy atom. The molecule has 0 amide bonds. The highest BCUT2D eigenvalue weighted by atomic mass is 16.5. The Morgan fingerprint density at radius 3 is 2.67 bits per heavy atom. The molecule has 1 atom stereocenters. The topological polar surface area (TPSA) is 76.0 Å². The summed E-state index contributed by atoms with van der Waals surface area (Å²) in [5.74, 6) is -0.919. The molecule has 0 heterocycles. The van der Waals surface area contributed by atoms with Crippen molar-refractivity contribution < 1.29 is 24.5 Å². The average molecular weight is 220 g/mol. The van der Waals surface area contributed by atoms with E-state index in [-0.39, 0.29) is 26.2 Å². The van der Waals surface area contributed by atoms with Crippen molar-refractivity contribution in [2.75, 3.05) is 26.4 Å². The first-order valence-corrected chi connectivity index (χ1v) is 5.22. The van der Waals surface area contributed by atoms with E-state index in [1.54, 1.807) is 0 Å². The van der Waals surface area contributed by atoms with Gasteiger partial charge in [-0.1, -0.05) is 13.3 Å². The first-order chi connectivity index (χ1) is 7.20. The lowest BCUT2D eigenvalue weighted by Gasteiger charge is -2.15. The molecule has 0 spiro atoms. The van der Waals surface area contributed by atoms with Gasteiger partial charge in [-0.2, -0.15) is 0 Å². The Kier molecular flexibility index (Phi) is 9.46. The maximum Gasteiger partial charge on any atom is 0.306 e. The van der Waals surface area contributed by atoms with Gasteiger partial charge in [0.1, 0.15) is 0 Å². The molecule has 90 valence electrons. The highest BCUT2D eigenvalue weighted by Crippen LogP contribution is 2.01. The smallest absolute Gasteiger partial charge is 0.306 e. The molecule has 0 aliphatic rings. The van der Waals surface area contributed by atoms with E-state index in [2.05, 4.69) is 6.92 Å². The predicted molar refractivity (Wildman–Crippen MR) is 54.8 cm³/mol. The van der Waals surface area contributed by atoms with Gasteiger partial charge in [0.15, 0.2) is 0 Å². The molecule has 0 aromatic heterocycles. The number of aliphatic hydroxyl groups is 1. The number of carbonyl (C=O) groups is 1. The fraction of sp³-hybridized carbons (Fsp3) is 0.900. The fourth-order valence-electron chi connectivity index (χ4n) is 1.04. The van der Waals surface area contributed by atoms with Crippen molar-refractivity contribution in [3.8, 4) is 0 Å². The zero-order valence-electron chi connectivity index (χ0n) is 9.15. The summed E-state index contributed by atoms with van der Waals surface area (Å²) in [4.78, 5) is 10.5. The quantitative estimate of drug-likeness (QED) is 0.529. The molecule has 2 N–H and O–H groups in total. The van der Waals surface area contributed by atoms with Crippen LogP contribution in [0, 0.1) is 0 Å². The van der Waals surface area contributed by atoms with Gasteiger partial charge in [-0.05, 0) is 6.42 Å². The molecule has 0 fully saturated rings. The van der Waals surface area contributed by atoms with Crippen LogP contribution in [0.5, 0.6) is 0 Å². The van der Waals surface area contributed by atoms with Gasteiger partial charge in [-0.3, -0.25) is 4.79 Å². The molecule has 0 aromatic carbocycles. The van der Waals surface area contributed by atoms with E-state index in [1.165, 1.54) is 0 Å². The molecule has 0 radical (unpaired) electrons. The highest BCUT2D eigenvalue weighted by Gasteiger charge is 2.13. The van der Waals surface area contributed by atoms with Crippen LogP contribution in [0.1, 0.15) is 26.2 Å². The molecular weight excluding hydrogens is 200 g/mol. The van der Waals surface area contributed by atoms with Crippen molar-refractivity contribution in [3.05, 3.63) is 0 Å². The third-order valence-electron chi connectivity index (χ3n) is 1.79. The van der Waals surface area contributed by atoms with Crippen LogP contribution in [0.25, 0.3) is 0 Å². The second-order valence-electron chi connectivity index (χ2n) is 3.24. The molecule has 0 aliphatic heterocycles. The third kappa shape index (κ3) is 9.65. The van der Waals surface area contributed by atoms with E-state index in [1.807, 2.05) is 0 Å². The normalized spacial score (nSPS) is 12.7. The SMILES string of the molecule is CCCCOCC(CC(=O)O)OCCO. The van der Waals surface area contributed by atoms with E-state index >= 15 is 0 Å². The number of carboxylic acid groups (broad SMARTS) is 1. The number of ether oxygens (including phenoxy) is 2. The van der Waals surface area contributed by atoms with Crippen molar-refractivity contribution in [2.45, 2.75) is 32.3 Å². The molecule has 0 rings (SSSR count). The van der Waals surface area contributed by atoms with Crippen molar-refractivity contribution in [3.63, 3.8) is 0 Å². The van der Waals surface area contributed by atoms with Crippen LogP contribution in [0.3, 0.4) is 0 Å². The van der Waals surface area contributed by atoms with E-state index in [0.29, 0.717) is 6.61 Å². The van der Waals surface area contributed by atoms with Gasteiger partial charge in [0.05, 0.1) is 32.3 Å². The monoisotopic (exact) mass is 220 g/mol. The first-order valence-electron chi connectivity index (χ1n) is 5.22. The Bertz CT molecular complexity index is 160. The second-order valence-corrected chi connectivity index (χ2v) is 3.24. The lowest BCUT2D eigenvalue weighted by molar-refractivity contribution is -0.142. The third-order valence-corrected chi connectivity index (χ3v) is 1.79. The van der Waals surface area contributed by atoms with Crippen LogP contribution in [-0.2, 0) is 14.3 Å². The summed E-state index contributed by atoms with van der Waals surface area (Å²) in [6.45, 7) is 2.99. The van der Waals surface area contributed by atoms with Gasteiger partial charge in [-0.15, -0.1) is 0 Å². The van der Waals surface area contributed by atoms with Crippen LogP contribution in [0.2, 0.25) is 0 Å². The molecule has 0 bridgehead atoms. The molecule has 0 saturated carbocycles. The summed E-state index contributed by atoms with van der Waals surface area (Å²) in [5, 5.41) is 17.1. The Balaban J connectivity index is 3.64. The van der Waals surface area contributed by atoms with Crippen LogP contribution < -0.4 is 0 Å². The van der Waals surface area contributed by atoms with Crippen molar-refractivity contribution in [2.24, 2.45) is 0 Å². The van der Waals surface area contributed by atoms with E-state index < -0.39 is 12.1 Å². The summed E-state index contributed by atoms with van der Waals surface area (Å²) in [7, 11) is 0. The van der Waals surface area contributed by atoms with Crippen molar-refractivity contribution >= 4 is 5.97 Å².